The van der Waals surface area contributed by atoms with E-state index in [2.05, 4.69) is 10.2 Å². The Kier molecular flexibility index (Phi) is 5.75. The van der Waals surface area contributed by atoms with Gasteiger partial charge < -0.3 is 15.2 Å². The quantitative estimate of drug-likeness (QED) is 0.826. The normalized spacial score (nSPS) is 19.2. The molecule has 1 fully saturated rings. The number of thiophene rings is 1. The van der Waals surface area contributed by atoms with E-state index in [0.717, 1.165) is 30.0 Å². The summed E-state index contributed by atoms with van der Waals surface area (Å²) < 4.78 is 5.30. The van der Waals surface area contributed by atoms with Gasteiger partial charge >= 0.3 is 0 Å². The summed E-state index contributed by atoms with van der Waals surface area (Å²) in [5, 5.41) is 15.2. The number of carbonyl (C=O) groups is 1. The van der Waals surface area contributed by atoms with Crippen LogP contribution < -0.4 is 5.32 Å². The number of nitrogens with one attached hydrogen (secondary N) is 1. The van der Waals surface area contributed by atoms with Crippen LogP contribution in [-0.2, 0) is 11.2 Å². The molecule has 0 radical (unpaired) electrons. The zero-order valence-corrected chi connectivity index (χ0v) is 13.5. The second-order valence-corrected chi connectivity index (χ2v) is 6.61. The Hall–Kier alpha value is -0.950. The number of hydrogen-bond acceptors (Lipinski definition) is 5. The molecule has 1 unspecified atom stereocenters. The van der Waals surface area contributed by atoms with Crippen LogP contribution in [0.4, 0.5) is 0 Å². The van der Waals surface area contributed by atoms with Gasteiger partial charge in [0.15, 0.2) is 0 Å². The first kappa shape index (κ1) is 16.4. The second kappa shape index (κ2) is 7.35. The van der Waals surface area contributed by atoms with Crippen LogP contribution in [0.1, 0.15) is 29.1 Å². The van der Waals surface area contributed by atoms with Crippen molar-refractivity contribution in [3.05, 3.63) is 21.9 Å². The molecule has 0 saturated carbocycles. The van der Waals surface area contributed by atoms with Gasteiger partial charge in [0, 0.05) is 26.2 Å². The van der Waals surface area contributed by atoms with E-state index >= 15 is 0 Å². The minimum atomic E-state index is -0.934. The Morgan fingerprint density at radius 3 is 2.90 bits per heavy atom. The molecular formula is C15H24N2O3S. The number of ether oxygens (including phenoxy) is 1. The largest absolute Gasteiger partial charge is 0.387 e. The van der Waals surface area contributed by atoms with Gasteiger partial charge in [-0.05, 0) is 30.4 Å². The van der Waals surface area contributed by atoms with Crippen molar-refractivity contribution < 1.29 is 14.6 Å². The highest BCUT2D eigenvalue weighted by molar-refractivity contribution is 7.12. The number of morpholine rings is 1. The molecule has 5 nitrogen and oxygen atoms in total. The maximum atomic E-state index is 12.2. The Bertz CT molecular complexity index is 467. The zero-order valence-electron chi connectivity index (χ0n) is 12.7. The molecule has 1 amide bonds. The molecular weight excluding hydrogens is 288 g/mol. The van der Waals surface area contributed by atoms with Crippen molar-refractivity contribution in [1.29, 1.82) is 0 Å². The third-order valence-corrected chi connectivity index (χ3v) is 4.59. The van der Waals surface area contributed by atoms with E-state index in [1.807, 2.05) is 18.4 Å². The maximum absolute atomic E-state index is 12.2. The molecule has 0 aromatic carbocycles. The summed E-state index contributed by atoms with van der Waals surface area (Å²) in [4.78, 5) is 15.1. The molecule has 6 heteroatoms. The van der Waals surface area contributed by atoms with Crippen LogP contribution in [0.15, 0.2) is 11.4 Å². The Morgan fingerprint density at radius 1 is 1.52 bits per heavy atom. The van der Waals surface area contributed by atoms with Crippen LogP contribution >= 0.6 is 11.3 Å². The summed E-state index contributed by atoms with van der Waals surface area (Å²) in [6, 6.07) is 1.98. The molecule has 21 heavy (non-hydrogen) atoms. The van der Waals surface area contributed by atoms with Crippen LogP contribution in [0.5, 0.6) is 0 Å². The minimum absolute atomic E-state index is 0.0934. The molecule has 2 N–H and O–H groups in total. The van der Waals surface area contributed by atoms with Crippen molar-refractivity contribution in [3.8, 4) is 0 Å². The number of aryl methyl sites for hydroxylation is 1. The van der Waals surface area contributed by atoms with Gasteiger partial charge in [0.1, 0.15) is 0 Å². The number of carbonyl (C=O) groups excluding carboxylic acids is 1. The van der Waals surface area contributed by atoms with E-state index in [-0.39, 0.29) is 12.5 Å². The monoisotopic (exact) mass is 312 g/mol. The minimum Gasteiger partial charge on any atom is -0.387 e. The summed E-state index contributed by atoms with van der Waals surface area (Å²) >= 11 is 1.45. The topological polar surface area (TPSA) is 61.8 Å². The molecule has 2 heterocycles. The van der Waals surface area contributed by atoms with Gasteiger partial charge in [0.25, 0.3) is 5.91 Å². The van der Waals surface area contributed by atoms with Crippen molar-refractivity contribution in [3.63, 3.8) is 0 Å². The van der Waals surface area contributed by atoms with Gasteiger partial charge in [-0.2, -0.15) is 0 Å². The molecule has 2 rings (SSSR count). The molecule has 0 bridgehead atoms. The van der Waals surface area contributed by atoms with E-state index in [1.54, 1.807) is 6.92 Å². The third kappa shape index (κ3) is 4.78. The molecule has 1 aromatic heterocycles. The Balaban J connectivity index is 1.84. The van der Waals surface area contributed by atoms with Crippen molar-refractivity contribution in [1.82, 2.24) is 10.2 Å². The molecule has 118 valence electrons. The predicted molar refractivity (Wildman–Crippen MR) is 83.9 cm³/mol. The summed E-state index contributed by atoms with van der Waals surface area (Å²) in [6.07, 6.45) is 0.844. The van der Waals surface area contributed by atoms with Gasteiger partial charge in [-0.3, -0.25) is 9.69 Å². The fraction of sp³-hybridized carbons (Fsp3) is 0.667. The third-order valence-electron chi connectivity index (χ3n) is 3.63. The number of aliphatic hydroxyl groups is 1. The lowest BCUT2D eigenvalue weighted by Gasteiger charge is -2.33. The van der Waals surface area contributed by atoms with Crippen molar-refractivity contribution in [2.24, 2.45) is 0 Å². The van der Waals surface area contributed by atoms with Crippen LogP contribution in [0.2, 0.25) is 0 Å². The first-order valence-corrected chi connectivity index (χ1v) is 8.27. The fourth-order valence-corrected chi connectivity index (χ4v) is 3.37. The average Bonchev–Trinajstić information content (AvgIpc) is 2.94. The van der Waals surface area contributed by atoms with E-state index in [1.165, 1.54) is 11.3 Å². The maximum Gasteiger partial charge on any atom is 0.261 e. The first-order valence-electron chi connectivity index (χ1n) is 7.39. The van der Waals surface area contributed by atoms with E-state index < -0.39 is 5.60 Å². The van der Waals surface area contributed by atoms with Crippen molar-refractivity contribution in [2.75, 3.05) is 39.4 Å². The predicted octanol–water partition coefficient (Wildman–Crippen LogP) is 1.12. The Labute approximate surface area is 129 Å². The number of rotatable bonds is 6. The van der Waals surface area contributed by atoms with Crippen LogP contribution in [-0.4, -0.2) is 60.9 Å². The SMILES string of the molecule is CCc1ccsc1C(=O)NCC(C)(O)CN1CCOCC1. The van der Waals surface area contributed by atoms with Crippen LogP contribution in [0.3, 0.4) is 0 Å². The molecule has 0 aliphatic carbocycles. The number of amides is 1. The van der Waals surface area contributed by atoms with Crippen molar-refractivity contribution >= 4 is 17.2 Å². The van der Waals surface area contributed by atoms with Crippen LogP contribution in [0.25, 0.3) is 0 Å². The summed E-state index contributed by atoms with van der Waals surface area (Å²) in [6.45, 7) is 7.66. The van der Waals surface area contributed by atoms with E-state index in [4.69, 9.17) is 4.74 Å². The lowest BCUT2D eigenvalue weighted by Crippen LogP contribution is -2.51. The zero-order chi connectivity index (χ0) is 15.3. The summed E-state index contributed by atoms with van der Waals surface area (Å²) in [5.41, 5.74) is 0.127. The molecule has 1 saturated heterocycles. The molecule has 0 spiro atoms. The summed E-state index contributed by atoms with van der Waals surface area (Å²) in [7, 11) is 0. The fourth-order valence-electron chi connectivity index (χ4n) is 2.46. The molecule has 1 atom stereocenters. The number of β-amino-alcohol motifs (C(OH)–C–C–N with tert-alkyl or cyclic N) is 1. The second-order valence-electron chi connectivity index (χ2n) is 5.70. The molecule has 1 aliphatic rings. The van der Waals surface area contributed by atoms with Gasteiger partial charge in [-0.25, -0.2) is 0 Å². The highest BCUT2D eigenvalue weighted by atomic mass is 32.1. The standard InChI is InChI=1S/C15H24N2O3S/c1-3-12-4-9-21-13(12)14(18)16-10-15(2,19)11-17-5-7-20-8-6-17/h4,9,19H,3,5-8,10-11H2,1-2H3,(H,16,18). The molecule has 1 aliphatic heterocycles. The molecule has 1 aromatic rings. The number of hydrogen-bond donors (Lipinski definition) is 2. The highest BCUT2D eigenvalue weighted by Gasteiger charge is 2.26. The van der Waals surface area contributed by atoms with Gasteiger partial charge in [-0.15, -0.1) is 11.3 Å². The number of nitrogens with zero attached hydrogens (tertiary/aromatic N) is 1. The van der Waals surface area contributed by atoms with E-state index in [0.29, 0.717) is 19.8 Å². The first-order chi connectivity index (χ1) is 10.0. The Morgan fingerprint density at radius 2 is 2.24 bits per heavy atom. The lowest BCUT2D eigenvalue weighted by atomic mass is 10.1. The van der Waals surface area contributed by atoms with Gasteiger partial charge in [0.2, 0.25) is 0 Å². The van der Waals surface area contributed by atoms with Crippen molar-refractivity contribution in [2.45, 2.75) is 25.9 Å². The highest BCUT2D eigenvalue weighted by Crippen LogP contribution is 2.17. The lowest BCUT2D eigenvalue weighted by molar-refractivity contribution is -0.0213. The van der Waals surface area contributed by atoms with Gasteiger partial charge in [0.05, 0.1) is 23.7 Å². The van der Waals surface area contributed by atoms with Gasteiger partial charge in [-0.1, -0.05) is 6.92 Å². The average molecular weight is 312 g/mol. The smallest absolute Gasteiger partial charge is 0.261 e. The van der Waals surface area contributed by atoms with Crippen LogP contribution in [0, 0.1) is 0 Å². The summed E-state index contributed by atoms with van der Waals surface area (Å²) in [5.74, 6) is -0.0934. The van der Waals surface area contributed by atoms with E-state index in [9.17, 15) is 9.90 Å².